The first-order valence-corrected chi connectivity index (χ1v) is 9.62. The molecule has 5 heteroatoms. The highest BCUT2D eigenvalue weighted by Crippen LogP contribution is 2.34. The fourth-order valence-electron chi connectivity index (χ4n) is 3.99. The van der Waals surface area contributed by atoms with Crippen molar-refractivity contribution in [3.8, 4) is 0 Å². The molecule has 25 heavy (non-hydrogen) atoms. The molecule has 0 unspecified atom stereocenters. The van der Waals surface area contributed by atoms with E-state index in [9.17, 15) is 9.90 Å². The summed E-state index contributed by atoms with van der Waals surface area (Å²) in [5.74, 6) is 0. The standard InChI is InChI=1S/C20H31N3O2/c1-2-20(16-24)10-14-23(15-11-20)19(25)21-17-8-12-22(13-9-17)18-6-4-3-5-7-18/h3-7,17,24H,2,8-16H2,1H3,(H,21,25). The largest absolute Gasteiger partial charge is 0.396 e. The number of carbonyl (C=O) groups is 1. The fraction of sp³-hybridized carbons (Fsp3) is 0.650. The number of aliphatic hydroxyl groups is 1. The van der Waals surface area contributed by atoms with Gasteiger partial charge in [-0.3, -0.25) is 0 Å². The molecule has 1 aromatic carbocycles. The van der Waals surface area contributed by atoms with Crippen LogP contribution in [0.1, 0.15) is 39.0 Å². The van der Waals surface area contributed by atoms with E-state index in [1.165, 1.54) is 5.69 Å². The van der Waals surface area contributed by atoms with Gasteiger partial charge in [-0.2, -0.15) is 0 Å². The SMILES string of the molecule is CCC1(CO)CCN(C(=O)NC2CCN(c3ccccc3)CC2)CC1. The van der Waals surface area contributed by atoms with Gasteiger partial charge in [0.25, 0.3) is 0 Å². The van der Waals surface area contributed by atoms with E-state index in [-0.39, 0.29) is 24.1 Å². The second-order valence-electron chi connectivity index (χ2n) is 7.55. The zero-order chi connectivity index (χ0) is 17.7. The van der Waals surface area contributed by atoms with Crippen LogP contribution in [0, 0.1) is 5.41 Å². The summed E-state index contributed by atoms with van der Waals surface area (Å²) in [5, 5.41) is 12.8. The number of hydrogen-bond donors (Lipinski definition) is 2. The molecule has 0 bridgehead atoms. The van der Waals surface area contributed by atoms with Crippen LogP contribution >= 0.6 is 0 Å². The number of rotatable bonds is 4. The predicted octanol–water partition coefficient (Wildman–Crippen LogP) is 2.85. The molecule has 0 spiro atoms. The average Bonchev–Trinajstić information content (AvgIpc) is 2.69. The van der Waals surface area contributed by atoms with Crippen LogP contribution in [0.3, 0.4) is 0 Å². The van der Waals surface area contributed by atoms with Crippen LogP contribution in [0.25, 0.3) is 0 Å². The third-order valence-electron chi connectivity index (χ3n) is 6.14. The zero-order valence-electron chi connectivity index (χ0n) is 15.3. The number of amides is 2. The maximum absolute atomic E-state index is 12.5. The summed E-state index contributed by atoms with van der Waals surface area (Å²) in [4.78, 5) is 16.9. The average molecular weight is 345 g/mol. The lowest BCUT2D eigenvalue weighted by Gasteiger charge is -2.41. The van der Waals surface area contributed by atoms with Crippen molar-refractivity contribution in [1.29, 1.82) is 0 Å². The molecule has 0 aromatic heterocycles. The molecule has 2 fully saturated rings. The van der Waals surface area contributed by atoms with Crippen LogP contribution in [0.4, 0.5) is 10.5 Å². The van der Waals surface area contributed by atoms with E-state index in [0.717, 1.165) is 58.3 Å². The van der Waals surface area contributed by atoms with E-state index >= 15 is 0 Å². The Labute approximate surface area is 151 Å². The molecule has 138 valence electrons. The Morgan fingerprint density at radius 2 is 1.80 bits per heavy atom. The number of hydrogen-bond acceptors (Lipinski definition) is 3. The predicted molar refractivity (Wildman–Crippen MR) is 101 cm³/mol. The molecule has 3 rings (SSSR count). The number of nitrogens with zero attached hydrogens (tertiary/aromatic N) is 2. The highest BCUT2D eigenvalue weighted by Gasteiger charge is 2.34. The summed E-state index contributed by atoms with van der Waals surface area (Å²) in [6, 6.07) is 10.8. The summed E-state index contributed by atoms with van der Waals surface area (Å²) >= 11 is 0. The first-order valence-electron chi connectivity index (χ1n) is 9.62. The Bertz CT molecular complexity index is 541. The van der Waals surface area contributed by atoms with Crippen molar-refractivity contribution in [2.24, 2.45) is 5.41 Å². The third-order valence-corrected chi connectivity index (χ3v) is 6.14. The van der Waals surface area contributed by atoms with Crippen molar-refractivity contribution in [1.82, 2.24) is 10.2 Å². The van der Waals surface area contributed by atoms with Crippen molar-refractivity contribution >= 4 is 11.7 Å². The highest BCUT2D eigenvalue weighted by molar-refractivity contribution is 5.74. The van der Waals surface area contributed by atoms with Gasteiger partial charge in [-0.15, -0.1) is 0 Å². The number of urea groups is 1. The molecule has 1 aromatic rings. The molecule has 2 amide bonds. The smallest absolute Gasteiger partial charge is 0.317 e. The summed E-state index contributed by atoms with van der Waals surface area (Å²) in [6.45, 7) is 5.84. The van der Waals surface area contributed by atoms with Crippen molar-refractivity contribution in [2.45, 2.75) is 45.1 Å². The Kier molecular flexibility index (Phi) is 5.84. The van der Waals surface area contributed by atoms with Gasteiger partial charge >= 0.3 is 6.03 Å². The van der Waals surface area contributed by atoms with E-state index in [1.54, 1.807) is 0 Å². The summed E-state index contributed by atoms with van der Waals surface area (Å²) in [5.41, 5.74) is 1.29. The maximum Gasteiger partial charge on any atom is 0.317 e. The molecule has 0 atom stereocenters. The van der Waals surface area contributed by atoms with Crippen LogP contribution in [0.2, 0.25) is 0 Å². The first kappa shape index (κ1) is 18.1. The van der Waals surface area contributed by atoms with Gasteiger partial charge in [0.2, 0.25) is 0 Å². The van der Waals surface area contributed by atoms with Gasteiger partial charge in [-0.25, -0.2) is 4.79 Å². The van der Waals surface area contributed by atoms with Gasteiger partial charge in [-0.1, -0.05) is 25.1 Å². The van der Waals surface area contributed by atoms with E-state index < -0.39 is 0 Å². The normalized spacial score (nSPS) is 21.2. The molecular formula is C20H31N3O2. The number of piperidine rings is 2. The van der Waals surface area contributed by atoms with Gasteiger partial charge in [0, 0.05) is 44.5 Å². The van der Waals surface area contributed by atoms with Gasteiger partial charge in [0.05, 0.1) is 0 Å². The summed E-state index contributed by atoms with van der Waals surface area (Å²) < 4.78 is 0. The van der Waals surface area contributed by atoms with Crippen LogP contribution in [0.5, 0.6) is 0 Å². The van der Waals surface area contributed by atoms with Gasteiger partial charge < -0.3 is 20.2 Å². The third kappa shape index (κ3) is 4.27. The lowest BCUT2D eigenvalue weighted by molar-refractivity contribution is 0.0513. The minimum atomic E-state index is 0.0256. The number of carbonyl (C=O) groups excluding carboxylic acids is 1. The van der Waals surface area contributed by atoms with Gasteiger partial charge in [0.15, 0.2) is 0 Å². The van der Waals surface area contributed by atoms with E-state index in [4.69, 9.17) is 0 Å². The van der Waals surface area contributed by atoms with Gasteiger partial charge in [0.1, 0.15) is 0 Å². The Morgan fingerprint density at radius 3 is 2.36 bits per heavy atom. The van der Waals surface area contributed by atoms with Crippen molar-refractivity contribution in [3.63, 3.8) is 0 Å². The van der Waals surface area contributed by atoms with Gasteiger partial charge in [-0.05, 0) is 49.7 Å². The molecule has 2 N–H and O–H groups in total. The Hall–Kier alpha value is -1.75. The lowest BCUT2D eigenvalue weighted by atomic mass is 9.77. The maximum atomic E-state index is 12.5. The second kappa shape index (κ2) is 8.09. The Morgan fingerprint density at radius 1 is 1.16 bits per heavy atom. The van der Waals surface area contributed by atoms with E-state index in [0.29, 0.717) is 0 Å². The second-order valence-corrected chi connectivity index (χ2v) is 7.55. The van der Waals surface area contributed by atoms with E-state index in [1.807, 2.05) is 11.0 Å². The monoisotopic (exact) mass is 345 g/mol. The van der Waals surface area contributed by atoms with Crippen LogP contribution in [0.15, 0.2) is 30.3 Å². The van der Waals surface area contributed by atoms with E-state index in [2.05, 4.69) is 41.4 Å². The Balaban J connectivity index is 1.44. The van der Waals surface area contributed by atoms with Crippen molar-refractivity contribution < 1.29 is 9.90 Å². The molecule has 0 radical (unpaired) electrons. The van der Waals surface area contributed by atoms with Crippen molar-refractivity contribution in [2.75, 3.05) is 37.7 Å². The quantitative estimate of drug-likeness (QED) is 0.882. The number of nitrogens with one attached hydrogen (secondary N) is 1. The molecule has 2 aliphatic heterocycles. The molecule has 0 aliphatic carbocycles. The number of benzene rings is 1. The lowest BCUT2D eigenvalue weighted by Crippen LogP contribution is -2.52. The molecule has 2 heterocycles. The molecule has 2 saturated heterocycles. The van der Waals surface area contributed by atoms with Crippen LogP contribution < -0.4 is 10.2 Å². The topological polar surface area (TPSA) is 55.8 Å². The molecule has 0 saturated carbocycles. The summed E-state index contributed by atoms with van der Waals surface area (Å²) in [6.07, 6.45) is 4.77. The number of aliphatic hydroxyl groups excluding tert-OH is 1. The number of anilines is 1. The minimum Gasteiger partial charge on any atom is -0.396 e. The highest BCUT2D eigenvalue weighted by atomic mass is 16.3. The molecule has 2 aliphatic rings. The van der Waals surface area contributed by atoms with Crippen molar-refractivity contribution in [3.05, 3.63) is 30.3 Å². The zero-order valence-corrected chi connectivity index (χ0v) is 15.3. The van der Waals surface area contributed by atoms with Crippen LogP contribution in [-0.2, 0) is 0 Å². The number of likely N-dealkylation sites (tertiary alicyclic amines) is 1. The molecular weight excluding hydrogens is 314 g/mol. The summed E-state index contributed by atoms with van der Waals surface area (Å²) in [7, 11) is 0. The first-order chi connectivity index (χ1) is 12.2. The molecule has 5 nitrogen and oxygen atoms in total. The van der Waals surface area contributed by atoms with Crippen LogP contribution in [-0.4, -0.2) is 54.9 Å². The minimum absolute atomic E-state index is 0.0256. The number of para-hydroxylation sites is 1. The fourth-order valence-corrected chi connectivity index (χ4v) is 3.99.